The Morgan fingerprint density at radius 2 is 2.40 bits per heavy atom. The fraction of sp³-hybridized carbons (Fsp3) is 0.286. The van der Waals surface area contributed by atoms with E-state index in [4.69, 9.17) is 4.74 Å². The van der Waals surface area contributed by atoms with Gasteiger partial charge in [-0.3, -0.25) is 4.79 Å². The van der Waals surface area contributed by atoms with Gasteiger partial charge in [0.2, 0.25) is 0 Å². The molecular weight excluding hydrogens is 261 g/mol. The molecule has 20 heavy (non-hydrogen) atoms. The highest BCUT2D eigenvalue weighted by Gasteiger charge is 2.12. The smallest absolute Gasteiger partial charge is 0.269 e. The first-order valence-corrected chi connectivity index (χ1v) is 6.38. The summed E-state index contributed by atoms with van der Waals surface area (Å²) >= 11 is 0. The maximum absolute atomic E-state index is 13.1. The van der Waals surface area contributed by atoms with E-state index in [1.165, 1.54) is 24.7 Å². The van der Waals surface area contributed by atoms with Gasteiger partial charge in [0.15, 0.2) is 0 Å². The molecule has 0 aliphatic heterocycles. The summed E-state index contributed by atoms with van der Waals surface area (Å²) in [6.07, 6.45) is 3.36. The van der Waals surface area contributed by atoms with Gasteiger partial charge < -0.3 is 15.0 Å². The number of H-pyrrole nitrogens is 1. The van der Waals surface area contributed by atoms with Crippen molar-refractivity contribution in [1.82, 2.24) is 15.3 Å². The number of aromatic amines is 1. The highest BCUT2D eigenvalue weighted by molar-refractivity contribution is 5.91. The highest BCUT2D eigenvalue weighted by atomic mass is 19.1. The Hall–Kier alpha value is -2.37. The number of imidazole rings is 1. The summed E-state index contributed by atoms with van der Waals surface area (Å²) < 4.78 is 18.7. The molecule has 0 saturated heterocycles. The van der Waals surface area contributed by atoms with E-state index in [2.05, 4.69) is 15.3 Å². The number of benzene rings is 1. The van der Waals surface area contributed by atoms with Crippen molar-refractivity contribution < 1.29 is 13.9 Å². The summed E-state index contributed by atoms with van der Waals surface area (Å²) in [6, 6.07) is 5.94. The predicted molar refractivity (Wildman–Crippen MR) is 72.0 cm³/mol. The number of hydrogen-bond acceptors (Lipinski definition) is 3. The molecule has 2 rings (SSSR count). The summed E-state index contributed by atoms with van der Waals surface area (Å²) in [5, 5.41) is 2.74. The second kappa shape index (κ2) is 6.70. The van der Waals surface area contributed by atoms with Gasteiger partial charge in [-0.2, -0.15) is 0 Å². The van der Waals surface area contributed by atoms with Crippen LogP contribution in [-0.2, 0) is 0 Å². The van der Waals surface area contributed by atoms with E-state index in [0.29, 0.717) is 24.4 Å². The first kappa shape index (κ1) is 14.0. The molecule has 106 valence electrons. The molecule has 0 saturated carbocycles. The van der Waals surface area contributed by atoms with Crippen molar-refractivity contribution in [3.8, 4) is 5.75 Å². The number of nitrogens with zero attached hydrogens (tertiary/aromatic N) is 1. The first-order chi connectivity index (χ1) is 9.69. The average molecular weight is 277 g/mol. The van der Waals surface area contributed by atoms with Gasteiger partial charge in [-0.15, -0.1) is 0 Å². The molecule has 1 heterocycles. The molecule has 0 bridgehead atoms. The molecule has 2 N–H and O–H groups in total. The van der Waals surface area contributed by atoms with Crippen molar-refractivity contribution in [3.63, 3.8) is 0 Å². The molecule has 0 aliphatic rings. The van der Waals surface area contributed by atoms with Crippen LogP contribution in [0.4, 0.5) is 4.39 Å². The van der Waals surface area contributed by atoms with Crippen LogP contribution in [0.15, 0.2) is 36.8 Å². The van der Waals surface area contributed by atoms with Crippen LogP contribution in [0.3, 0.4) is 0 Å². The lowest BCUT2D eigenvalue weighted by atomic mass is 10.2. The van der Waals surface area contributed by atoms with Gasteiger partial charge in [0, 0.05) is 6.07 Å². The van der Waals surface area contributed by atoms with E-state index in [-0.39, 0.29) is 17.8 Å². The minimum Gasteiger partial charge on any atom is -0.489 e. The van der Waals surface area contributed by atoms with Crippen LogP contribution in [0, 0.1) is 5.82 Å². The Labute approximate surface area is 116 Å². The third kappa shape index (κ3) is 3.81. The zero-order chi connectivity index (χ0) is 14.4. The number of hydrogen-bond donors (Lipinski definition) is 2. The summed E-state index contributed by atoms with van der Waals surface area (Å²) in [5.41, 5.74) is 0.394. The van der Waals surface area contributed by atoms with Gasteiger partial charge in [0.1, 0.15) is 23.4 Å². The molecule has 2 aromatic rings. The summed E-state index contributed by atoms with van der Waals surface area (Å²) in [5.74, 6) is -0.143. The van der Waals surface area contributed by atoms with Crippen molar-refractivity contribution in [2.45, 2.75) is 19.4 Å². The van der Waals surface area contributed by atoms with Crippen LogP contribution in [0.5, 0.6) is 5.75 Å². The van der Waals surface area contributed by atoms with Crippen molar-refractivity contribution in [2.24, 2.45) is 0 Å². The number of nitrogens with one attached hydrogen (secondary N) is 2. The fourth-order valence-electron chi connectivity index (χ4n) is 1.68. The molecule has 5 nitrogen and oxygen atoms in total. The number of carbonyl (C=O) groups is 1. The normalized spacial score (nSPS) is 11.9. The zero-order valence-electron chi connectivity index (χ0n) is 11.1. The molecule has 1 atom stereocenters. The van der Waals surface area contributed by atoms with Crippen LogP contribution < -0.4 is 10.1 Å². The molecule has 0 radical (unpaired) electrons. The third-order valence-corrected chi connectivity index (χ3v) is 2.79. The third-order valence-electron chi connectivity index (χ3n) is 2.79. The lowest BCUT2D eigenvalue weighted by Crippen LogP contribution is -2.35. The standard InChI is InChI=1S/C14H16FN3O2/c1-2-11(20-12-5-3-4-10(15)6-12)7-17-14(19)13-8-16-9-18-13/h3-6,8-9,11H,2,7H2,1H3,(H,16,18)(H,17,19)/t11-/m0/s1. The number of amides is 1. The van der Waals surface area contributed by atoms with E-state index >= 15 is 0 Å². The number of halogens is 1. The highest BCUT2D eigenvalue weighted by Crippen LogP contribution is 2.14. The average Bonchev–Trinajstić information content (AvgIpc) is 2.97. The summed E-state index contributed by atoms with van der Waals surface area (Å²) in [6.45, 7) is 2.27. The van der Waals surface area contributed by atoms with Crippen molar-refractivity contribution >= 4 is 5.91 Å². The minimum absolute atomic E-state index is 0.219. The van der Waals surface area contributed by atoms with Crippen LogP contribution in [0.2, 0.25) is 0 Å². The predicted octanol–water partition coefficient (Wildman–Crippen LogP) is 2.14. The molecule has 0 aliphatic carbocycles. The fourth-order valence-corrected chi connectivity index (χ4v) is 1.68. The molecule has 0 unspecified atom stereocenters. The topological polar surface area (TPSA) is 67.0 Å². The molecular formula is C14H16FN3O2. The lowest BCUT2D eigenvalue weighted by molar-refractivity contribution is 0.0921. The Morgan fingerprint density at radius 1 is 1.55 bits per heavy atom. The maximum Gasteiger partial charge on any atom is 0.269 e. The van der Waals surface area contributed by atoms with E-state index in [1.807, 2.05) is 6.92 Å². The van der Waals surface area contributed by atoms with Crippen molar-refractivity contribution in [3.05, 3.63) is 48.3 Å². The van der Waals surface area contributed by atoms with Gasteiger partial charge in [0.25, 0.3) is 5.91 Å². The second-order valence-electron chi connectivity index (χ2n) is 4.28. The number of rotatable bonds is 6. The van der Waals surface area contributed by atoms with Gasteiger partial charge in [0.05, 0.1) is 19.1 Å². The summed E-state index contributed by atoms with van der Waals surface area (Å²) in [4.78, 5) is 18.2. The first-order valence-electron chi connectivity index (χ1n) is 6.38. The van der Waals surface area contributed by atoms with Gasteiger partial charge in [-0.1, -0.05) is 13.0 Å². The number of carbonyl (C=O) groups excluding carboxylic acids is 1. The molecule has 0 fully saturated rings. The van der Waals surface area contributed by atoms with E-state index in [1.54, 1.807) is 12.1 Å². The van der Waals surface area contributed by atoms with Crippen LogP contribution in [0.1, 0.15) is 23.8 Å². The molecule has 1 aromatic heterocycles. The zero-order valence-corrected chi connectivity index (χ0v) is 11.1. The minimum atomic E-state index is -0.348. The van der Waals surface area contributed by atoms with Gasteiger partial charge in [-0.05, 0) is 18.6 Å². The monoisotopic (exact) mass is 277 g/mol. The Bertz CT molecular complexity index is 557. The lowest BCUT2D eigenvalue weighted by Gasteiger charge is -2.18. The number of aromatic nitrogens is 2. The largest absolute Gasteiger partial charge is 0.489 e. The van der Waals surface area contributed by atoms with Gasteiger partial charge in [-0.25, -0.2) is 9.37 Å². The molecule has 6 heteroatoms. The molecule has 0 spiro atoms. The quantitative estimate of drug-likeness (QED) is 0.850. The van der Waals surface area contributed by atoms with E-state index in [0.717, 1.165) is 0 Å². The Balaban J connectivity index is 1.88. The van der Waals surface area contributed by atoms with Crippen LogP contribution in [-0.4, -0.2) is 28.5 Å². The Morgan fingerprint density at radius 3 is 3.05 bits per heavy atom. The van der Waals surface area contributed by atoms with Crippen LogP contribution in [0.25, 0.3) is 0 Å². The van der Waals surface area contributed by atoms with E-state index in [9.17, 15) is 9.18 Å². The van der Waals surface area contributed by atoms with Crippen LogP contribution >= 0.6 is 0 Å². The second-order valence-corrected chi connectivity index (χ2v) is 4.28. The summed E-state index contributed by atoms with van der Waals surface area (Å²) in [7, 11) is 0. The van der Waals surface area contributed by atoms with E-state index < -0.39 is 0 Å². The maximum atomic E-state index is 13.1. The van der Waals surface area contributed by atoms with Gasteiger partial charge >= 0.3 is 0 Å². The number of ether oxygens (including phenoxy) is 1. The Kier molecular flexibility index (Phi) is 4.70. The van der Waals surface area contributed by atoms with Crippen molar-refractivity contribution in [2.75, 3.05) is 6.54 Å². The molecule has 1 amide bonds. The molecule has 1 aromatic carbocycles. The SMILES string of the molecule is CC[C@@H](CNC(=O)c1cnc[nH]1)Oc1cccc(F)c1. The van der Waals surface area contributed by atoms with Crippen molar-refractivity contribution in [1.29, 1.82) is 0 Å².